The molecule has 0 saturated carbocycles. The lowest BCUT2D eigenvalue weighted by molar-refractivity contribution is -0.135. The molecule has 1 aromatic carbocycles. The van der Waals surface area contributed by atoms with Gasteiger partial charge in [-0.05, 0) is 44.4 Å². The third-order valence-electron chi connectivity index (χ3n) is 5.08. The van der Waals surface area contributed by atoms with E-state index in [0.717, 1.165) is 42.5 Å². The lowest BCUT2D eigenvalue weighted by Crippen LogP contribution is -2.41. The van der Waals surface area contributed by atoms with Crippen molar-refractivity contribution >= 4 is 16.9 Å². The molecule has 0 unspecified atom stereocenters. The Kier molecular flexibility index (Phi) is 4.03. The molecule has 25 heavy (non-hydrogen) atoms. The first kappa shape index (κ1) is 15.9. The van der Waals surface area contributed by atoms with Crippen LogP contribution in [0.5, 0.6) is 0 Å². The summed E-state index contributed by atoms with van der Waals surface area (Å²) in [5, 5.41) is 4.37. The Morgan fingerprint density at radius 1 is 1.36 bits per heavy atom. The van der Waals surface area contributed by atoms with Gasteiger partial charge in [0.1, 0.15) is 6.04 Å². The quantitative estimate of drug-likeness (QED) is 0.735. The summed E-state index contributed by atoms with van der Waals surface area (Å²) in [7, 11) is 0. The topological polar surface area (TPSA) is 56.0 Å². The van der Waals surface area contributed by atoms with E-state index in [1.54, 1.807) is 6.33 Å². The fourth-order valence-electron chi connectivity index (χ4n) is 3.74. The molecule has 1 saturated heterocycles. The Morgan fingerprint density at radius 2 is 2.20 bits per heavy atom. The van der Waals surface area contributed by atoms with Crippen molar-refractivity contribution in [2.75, 3.05) is 6.54 Å². The van der Waals surface area contributed by atoms with Crippen LogP contribution in [0.15, 0.2) is 43.0 Å². The van der Waals surface area contributed by atoms with Gasteiger partial charge < -0.3 is 9.47 Å². The molecule has 0 aliphatic carbocycles. The van der Waals surface area contributed by atoms with Crippen LogP contribution >= 0.6 is 0 Å². The maximum Gasteiger partial charge on any atom is 0.245 e. The van der Waals surface area contributed by atoms with E-state index < -0.39 is 0 Å². The molecular weight excluding hydrogens is 314 g/mol. The molecule has 4 rings (SSSR count). The predicted molar refractivity (Wildman–Crippen MR) is 96.1 cm³/mol. The Hall–Kier alpha value is -2.63. The van der Waals surface area contributed by atoms with Gasteiger partial charge in [0.25, 0.3) is 0 Å². The highest BCUT2D eigenvalue weighted by atomic mass is 16.2. The van der Waals surface area contributed by atoms with Gasteiger partial charge >= 0.3 is 0 Å². The molecule has 1 amide bonds. The second-order valence-electron chi connectivity index (χ2n) is 6.88. The molecule has 6 nitrogen and oxygen atoms in total. The molecule has 6 heteroatoms. The highest BCUT2D eigenvalue weighted by Gasteiger charge is 2.32. The Labute approximate surface area is 147 Å². The van der Waals surface area contributed by atoms with E-state index in [4.69, 9.17) is 0 Å². The van der Waals surface area contributed by atoms with Crippen LogP contribution in [-0.2, 0) is 11.3 Å². The van der Waals surface area contributed by atoms with Crippen LogP contribution in [0.2, 0.25) is 0 Å². The van der Waals surface area contributed by atoms with E-state index in [-0.39, 0.29) is 18.0 Å². The van der Waals surface area contributed by atoms with E-state index >= 15 is 0 Å². The normalized spacial score (nSPS) is 18.8. The minimum Gasteiger partial charge on any atom is -0.336 e. The second-order valence-corrected chi connectivity index (χ2v) is 6.88. The number of aryl methyl sites for hydroxylation is 1. The monoisotopic (exact) mass is 337 g/mol. The Morgan fingerprint density at radius 3 is 3.00 bits per heavy atom. The number of nitrogens with zero attached hydrogens (tertiary/aromatic N) is 5. The number of hydrogen-bond acceptors (Lipinski definition) is 3. The Balaban J connectivity index is 1.54. The summed E-state index contributed by atoms with van der Waals surface area (Å²) in [6.07, 6.45) is 7.75. The molecule has 2 atom stereocenters. The van der Waals surface area contributed by atoms with Gasteiger partial charge in [0.05, 0.1) is 36.1 Å². The van der Waals surface area contributed by atoms with Crippen LogP contribution in [0.4, 0.5) is 0 Å². The number of amides is 1. The summed E-state index contributed by atoms with van der Waals surface area (Å²) in [5.41, 5.74) is 3.07. The number of fused-ring (bicyclic) bond motifs is 1. The van der Waals surface area contributed by atoms with Crippen LogP contribution < -0.4 is 0 Å². The fourth-order valence-corrected chi connectivity index (χ4v) is 3.74. The summed E-state index contributed by atoms with van der Waals surface area (Å²) >= 11 is 0. The molecular formula is C19H23N5O. The van der Waals surface area contributed by atoms with Crippen molar-refractivity contribution < 1.29 is 4.79 Å². The molecule has 1 fully saturated rings. The third kappa shape index (κ3) is 2.92. The van der Waals surface area contributed by atoms with E-state index in [2.05, 4.69) is 10.1 Å². The molecule has 0 bridgehead atoms. The van der Waals surface area contributed by atoms with Gasteiger partial charge in [-0.15, -0.1) is 0 Å². The molecule has 2 aromatic heterocycles. The zero-order valence-electron chi connectivity index (χ0n) is 14.7. The third-order valence-corrected chi connectivity index (χ3v) is 5.08. The fraction of sp³-hybridized carbons (Fsp3) is 0.421. The largest absolute Gasteiger partial charge is 0.336 e. The first-order valence-electron chi connectivity index (χ1n) is 8.84. The van der Waals surface area contributed by atoms with Gasteiger partial charge in [0.2, 0.25) is 5.91 Å². The first-order chi connectivity index (χ1) is 12.1. The highest BCUT2D eigenvalue weighted by molar-refractivity contribution is 5.84. The van der Waals surface area contributed by atoms with Crippen molar-refractivity contribution in [2.24, 2.45) is 0 Å². The van der Waals surface area contributed by atoms with E-state index in [1.807, 2.05) is 64.7 Å². The van der Waals surface area contributed by atoms with Crippen molar-refractivity contribution in [1.82, 2.24) is 24.2 Å². The molecule has 0 N–H and O–H groups in total. The number of likely N-dealkylation sites (tertiary alicyclic amines) is 1. The molecule has 1 aliphatic rings. The maximum absolute atomic E-state index is 13.1. The SMILES string of the molecule is Cc1cnn(C[C@H]2CCCN2C(=O)[C@H](C)n2cnc3ccccc32)c1. The van der Waals surface area contributed by atoms with Gasteiger partial charge in [-0.3, -0.25) is 9.48 Å². The van der Waals surface area contributed by atoms with E-state index in [1.165, 1.54) is 0 Å². The summed E-state index contributed by atoms with van der Waals surface area (Å²) in [4.78, 5) is 19.6. The van der Waals surface area contributed by atoms with E-state index in [9.17, 15) is 4.79 Å². The van der Waals surface area contributed by atoms with Crippen LogP contribution in [0.3, 0.4) is 0 Å². The summed E-state index contributed by atoms with van der Waals surface area (Å²) in [6.45, 7) is 5.58. The summed E-state index contributed by atoms with van der Waals surface area (Å²) in [5.74, 6) is 0.162. The predicted octanol–water partition coefficient (Wildman–Crippen LogP) is 2.79. The molecule has 1 aliphatic heterocycles. The zero-order chi connectivity index (χ0) is 17.4. The van der Waals surface area contributed by atoms with Crippen molar-refractivity contribution in [3.05, 3.63) is 48.5 Å². The van der Waals surface area contributed by atoms with Crippen LogP contribution in [0.1, 0.15) is 31.4 Å². The van der Waals surface area contributed by atoms with Gasteiger partial charge in [0, 0.05) is 12.7 Å². The average Bonchev–Trinajstić information content (AvgIpc) is 3.34. The Bertz CT molecular complexity index is 896. The van der Waals surface area contributed by atoms with Gasteiger partial charge in [-0.2, -0.15) is 5.10 Å². The van der Waals surface area contributed by atoms with Crippen molar-refractivity contribution in [3.8, 4) is 0 Å². The molecule has 130 valence electrons. The highest BCUT2D eigenvalue weighted by Crippen LogP contribution is 2.25. The lowest BCUT2D eigenvalue weighted by Gasteiger charge is -2.28. The molecule has 0 radical (unpaired) electrons. The number of para-hydroxylation sites is 2. The number of carbonyl (C=O) groups is 1. The molecule has 3 heterocycles. The molecule has 0 spiro atoms. The van der Waals surface area contributed by atoms with Crippen LogP contribution in [0, 0.1) is 6.92 Å². The maximum atomic E-state index is 13.1. The van der Waals surface area contributed by atoms with Crippen molar-refractivity contribution in [1.29, 1.82) is 0 Å². The minimum absolute atomic E-state index is 0.162. The minimum atomic E-state index is -0.257. The number of aromatic nitrogens is 4. The standard InChI is InChI=1S/C19H23N5O/c1-14-10-21-22(11-14)12-16-6-5-9-23(16)19(25)15(2)24-13-20-17-7-3-4-8-18(17)24/h3-4,7-8,10-11,13,15-16H,5-6,9,12H2,1-2H3/t15-,16+/m0/s1. The number of benzene rings is 1. The zero-order valence-corrected chi connectivity index (χ0v) is 14.7. The average molecular weight is 337 g/mol. The second kappa shape index (κ2) is 6.35. The van der Waals surface area contributed by atoms with Crippen molar-refractivity contribution in [3.63, 3.8) is 0 Å². The van der Waals surface area contributed by atoms with Crippen LogP contribution in [-0.4, -0.2) is 42.7 Å². The first-order valence-corrected chi connectivity index (χ1v) is 8.84. The number of rotatable bonds is 4. The number of carbonyl (C=O) groups excluding carboxylic acids is 1. The van der Waals surface area contributed by atoms with Gasteiger partial charge in [-0.1, -0.05) is 12.1 Å². The van der Waals surface area contributed by atoms with E-state index in [0.29, 0.717) is 0 Å². The van der Waals surface area contributed by atoms with Gasteiger partial charge in [0.15, 0.2) is 0 Å². The van der Waals surface area contributed by atoms with Crippen molar-refractivity contribution in [2.45, 2.75) is 45.3 Å². The van der Waals surface area contributed by atoms with Crippen LogP contribution in [0.25, 0.3) is 11.0 Å². The summed E-state index contributed by atoms with van der Waals surface area (Å²) < 4.78 is 3.92. The number of hydrogen-bond donors (Lipinski definition) is 0. The molecule has 3 aromatic rings. The smallest absolute Gasteiger partial charge is 0.245 e. The number of imidazole rings is 1. The van der Waals surface area contributed by atoms with Gasteiger partial charge in [-0.25, -0.2) is 4.98 Å². The lowest BCUT2D eigenvalue weighted by atomic mass is 10.2. The summed E-state index contributed by atoms with van der Waals surface area (Å²) in [6, 6.07) is 7.89.